The molecular weight excluding hydrogens is 417 g/mol. The molecule has 0 N–H and O–H groups in total. The van der Waals surface area contributed by atoms with Crippen LogP contribution in [0.25, 0.3) is 10.6 Å². The Morgan fingerprint density at radius 1 is 1.10 bits per heavy atom. The number of carbonyl (C=O) groups is 2. The monoisotopic (exact) mass is 445 g/mol. The summed E-state index contributed by atoms with van der Waals surface area (Å²) in [5.74, 6) is 0.157. The van der Waals surface area contributed by atoms with E-state index in [1.54, 1.807) is 12.1 Å². The van der Waals surface area contributed by atoms with Crippen LogP contribution in [0, 0.1) is 24.6 Å². The van der Waals surface area contributed by atoms with E-state index in [-0.39, 0.29) is 29.5 Å². The highest BCUT2D eigenvalue weighted by Crippen LogP contribution is 2.31. The van der Waals surface area contributed by atoms with Gasteiger partial charge in [0.25, 0.3) is 5.91 Å². The molecule has 2 fully saturated rings. The number of amides is 2. The van der Waals surface area contributed by atoms with Crippen LogP contribution in [0.5, 0.6) is 0 Å². The van der Waals surface area contributed by atoms with Gasteiger partial charge in [-0.25, -0.2) is 9.37 Å². The van der Waals surface area contributed by atoms with Crippen LogP contribution in [0.2, 0.25) is 0 Å². The lowest BCUT2D eigenvalue weighted by atomic mass is 9.84. The van der Waals surface area contributed by atoms with Gasteiger partial charge in [0.2, 0.25) is 5.91 Å². The molecule has 0 spiro atoms. The minimum absolute atomic E-state index is 0.00558. The second kappa shape index (κ2) is 9.44. The highest BCUT2D eigenvalue weighted by Gasteiger charge is 2.33. The smallest absolute Gasteiger partial charge is 0.265 e. The molecular formula is C23H28FN3O3S. The third-order valence-corrected chi connectivity index (χ3v) is 7.52. The van der Waals surface area contributed by atoms with Gasteiger partial charge in [0.15, 0.2) is 0 Å². The van der Waals surface area contributed by atoms with Gasteiger partial charge >= 0.3 is 0 Å². The highest BCUT2D eigenvalue weighted by atomic mass is 32.1. The fourth-order valence-electron chi connectivity index (χ4n) is 4.33. The van der Waals surface area contributed by atoms with E-state index in [9.17, 15) is 14.0 Å². The lowest BCUT2D eigenvalue weighted by molar-refractivity contribution is -0.141. The Hall–Kier alpha value is -2.32. The Kier molecular flexibility index (Phi) is 6.67. The summed E-state index contributed by atoms with van der Waals surface area (Å²) < 4.78 is 18.5. The van der Waals surface area contributed by atoms with Crippen LogP contribution in [0.15, 0.2) is 24.3 Å². The first-order valence-corrected chi connectivity index (χ1v) is 11.6. The van der Waals surface area contributed by atoms with Crippen molar-refractivity contribution >= 4 is 23.2 Å². The number of hydrogen-bond acceptors (Lipinski definition) is 5. The highest BCUT2D eigenvalue weighted by molar-refractivity contribution is 7.17. The standard InChI is InChI=1S/C23H28FN3O3S/c1-15(22(28)27-11-13-30-14-12-27)17-7-9-26(10-8-17)23(29)20-16(2)25-21(31-20)18-3-5-19(24)6-4-18/h3-6,15,17H,7-14H2,1-2H3/t15-/m1/s1. The molecule has 8 heteroatoms. The fourth-order valence-corrected chi connectivity index (χ4v) is 5.37. The van der Waals surface area contributed by atoms with E-state index >= 15 is 0 Å². The van der Waals surface area contributed by atoms with Gasteiger partial charge in [-0.3, -0.25) is 9.59 Å². The number of aryl methyl sites for hydroxylation is 1. The molecule has 0 saturated carbocycles. The van der Waals surface area contributed by atoms with Crippen LogP contribution in [-0.4, -0.2) is 66.0 Å². The Balaban J connectivity index is 1.37. The normalized spacial score (nSPS) is 18.8. The lowest BCUT2D eigenvalue weighted by Gasteiger charge is -2.37. The molecule has 0 radical (unpaired) electrons. The molecule has 1 aromatic heterocycles. The summed E-state index contributed by atoms with van der Waals surface area (Å²) >= 11 is 1.35. The number of morpholine rings is 1. The maximum Gasteiger partial charge on any atom is 0.265 e. The van der Waals surface area contributed by atoms with Gasteiger partial charge in [-0.1, -0.05) is 6.92 Å². The van der Waals surface area contributed by atoms with Crippen LogP contribution in [-0.2, 0) is 9.53 Å². The SMILES string of the molecule is Cc1nc(-c2ccc(F)cc2)sc1C(=O)N1CCC([C@@H](C)C(=O)N2CCOCC2)CC1. The summed E-state index contributed by atoms with van der Waals surface area (Å²) in [5.41, 5.74) is 1.51. The van der Waals surface area contributed by atoms with Crippen molar-refractivity contribution in [3.8, 4) is 10.6 Å². The summed E-state index contributed by atoms with van der Waals surface area (Å²) in [5, 5.41) is 0.723. The maximum atomic E-state index is 13.2. The molecule has 1 atom stereocenters. The van der Waals surface area contributed by atoms with Crippen LogP contribution in [0.1, 0.15) is 35.1 Å². The summed E-state index contributed by atoms with van der Waals surface area (Å²) in [4.78, 5) is 34.9. The molecule has 1 aromatic carbocycles. The molecule has 2 aromatic rings. The van der Waals surface area contributed by atoms with Crippen molar-refractivity contribution in [2.75, 3.05) is 39.4 Å². The number of rotatable bonds is 4. The Morgan fingerprint density at radius 3 is 2.39 bits per heavy atom. The maximum absolute atomic E-state index is 13.2. The molecule has 0 unspecified atom stereocenters. The summed E-state index contributed by atoms with van der Waals surface area (Å²) in [6.45, 7) is 7.71. The van der Waals surface area contributed by atoms with Crippen molar-refractivity contribution in [2.24, 2.45) is 11.8 Å². The van der Waals surface area contributed by atoms with E-state index in [4.69, 9.17) is 4.74 Å². The molecule has 0 bridgehead atoms. The first-order valence-electron chi connectivity index (χ1n) is 10.8. The second-order valence-corrected chi connectivity index (χ2v) is 9.30. The van der Waals surface area contributed by atoms with Crippen LogP contribution in [0.4, 0.5) is 4.39 Å². The van der Waals surface area contributed by atoms with Gasteiger partial charge in [0.1, 0.15) is 15.7 Å². The van der Waals surface area contributed by atoms with E-state index < -0.39 is 0 Å². The topological polar surface area (TPSA) is 62.7 Å². The largest absolute Gasteiger partial charge is 0.378 e. The molecule has 2 aliphatic rings. The van der Waals surface area contributed by atoms with Gasteiger partial charge in [0.05, 0.1) is 18.9 Å². The number of ether oxygens (including phenoxy) is 1. The number of hydrogen-bond donors (Lipinski definition) is 0. The zero-order chi connectivity index (χ0) is 22.0. The summed E-state index contributed by atoms with van der Waals surface area (Å²) in [6, 6.07) is 6.16. The van der Waals surface area contributed by atoms with Crippen LogP contribution >= 0.6 is 11.3 Å². The van der Waals surface area contributed by atoms with Crippen molar-refractivity contribution in [1.82, 2.24) is 14.8 Å². The Labute approximate surface area is 186 Å². The molecule has 4 rings (SSSR count). The Bertz CT molecular complexity index is 932. The van der Waals surface area contributed by atoms with Crippen molar-refractivity contribution in [1.29, 1.82) is 0 Å². The molecule has 31 heavy (non-hydrogen) atoms. The zero-order valence-electron chi connectivity index (χ0n) is 18.0. The molecule has 2 amide bonds. The predicted octanol–water partition coefficient (Wildman–Crippen LogP) is 3.60. The van der Waals surface area contributed by atoms with Gasteiger partial charge in [-0.2, -0.15) is 0 Å². The van der Waals surface area contributed by atoms with E-state index in [1.165, 1.54) is 23.5 Å². The van der Waals surface area contributed by atoms with Crippen molar-refractivity contribution in [3.05, 3.63) is 40.7 Å². The van der Waals surface area contributed by atoms with Crippen LogP contribution in [0.3, 0.4) is 0 Å². The molecule has 3 heterocycles. The van der Waals surface area contributed by atoms with Gasteiger partial charge in [-0.05, 0) is 49.9 Å². The molecule has 2 aliphatic heterocycles. The average Bonchev–Trinajstić information content (AvgIpc) is 3.20. The van der Waals surface area contributed by atoms with Gasteiger partial charge in [0, 0.05) is 37.7 Å². The van der Waals surface area contributed by atoms with Crippen molar-refractivity contribution in [2.45, 2.75) is 26.7 Å². The number of halogens is 1. The van der Waals surface area contributed by atoms with Gasteiger partial charge < -0.3 is 14.5 Å². The lowest BCUT2D eigenvalue weighted by Crippen LogP contribution is -2.47. The quantitative estimate of drug-likeness (QED) is 0.721. The van der Waals surface area contributed by atoms with Gasteiger partial charge in [-0.15, -0.1) is 11.3 Å². The number of thiazole rings is 1. The molecule has 6 nitrogen and oxygen atoms in total. The third kappa shape index (κ3) is 4.80. The predicted molar refractivity (Wildman–Crippen MR) is 117 cm³/mol. The number of piperidine rings is 1. The zero-order valence-corrected chi connectivity index (χ0v) is 18.8. The van der Waals surface area contributed by atoms with E-state index in [1.807, 2.05) is 23.6 Å². The number of likely N-dealkylation sites (tertiary alicyclic amines) is 1. The van der Waals surface area contributed by atoms with Crippen molar-refractivity contribution < 1.29 is 18.7 Å². The second-order valence-electron chi connectivity index (χ2n) is 8.30. The van der Waals surface area contributed by atoms with E-state index in [0.29, 0.717) is 50.0 Å². The third-order valence-electron chi connectivity index (χ3n) is 6.33. The first-order chi connectivity index (χ1) is 14.9. The number of carbonyl (C=O) groups excluding carboxylic acids is 2. The Morgan fingerprint density at radius 2 is 1.74 bits per heavy atom. The minimum Gasteiger partial charge on any atom is -0.378 e. The summed E-state index contributed by atoms with van der Waals surface area (Å²) in [7, 11) is 0. The minimum atomic E-state index is -0.294. The van der Waals surface area contributed by atoms with E-state index in [2.05, 4.69) is 4.98 Å². The fraction of sp³-hybridized carbons (Fsp3) is 0.522. The number of aromatic nitrogens is 1. The summed E-state index contributed by atoms with van der Waals surface area (Å²) in [6.07, 6.45) is 1.65. The molecule has 2 saturated heterocycles. The molecule has 0 aliphatic carbocycles. The number of benzene rings is 1. The van der Waals surface area contributed by atoms with Crippen molar-refractivity contribution in [3.63, 3.8) is 0 Å². The van der Waals surface area contributed by atoms with E-state index in [0.717, 1.165) is 23.4 Å². The average molecular weight is 446 g/mol. The first kappa shape index (κ1) is 21.9. The van der Waals surface area contributed by atoms with Crippen LogP contribution < -0.4 is 0 Å². The molecule has 166 valence electrons. The number of nitrogens with zero attached hydrogens (tertiary/aromatic N) is 3.